The number of quaternary nitrogens is 1. The molecule has 0 aliphatic rings. The lowest BCUT2D eigenvalue weighted by molar-refractivity contribution is -0.870. The van der Waals surface area contributed by atoms with E-state index in [1.807, 2.05) is 21.1 Å². The Morgan fingerprint density at radius 3 is 0.898 bits per heavy atom. The van der Waals surface area contributed by atoms with E-state index in [0.29, 0.717) is 17.4 Å². The summed E-state index contributed by atoms with van der Waals surface area (Å²) in [5.74, 6) is -1.97. The highest BCUT2D eigenvalue weighted by atomic mass is 16.7. The number of aliphatic carboxylic acids is 1. The van der Waals surface area contributed by atoms with Gasteiger partial charge >= 0.3 is 17.9 Å². The number of carbonyl (C=O) groups is 3. The van der Waals surface area contributed by atoms with Gasteiger partial charge in [0, 0.05) is 12.8 Å². The minimum absolute atomic E-state index is 0.176. The minimum Gasteiger partial charge on any atom is -0.477 e. The third-order valence-corrected chi connectivity index (χ3v) is 18.0. The lowest BCUT2D eigenvalue weighted by atomic mass is 10.0. The normalized spacial score (nSPS) is 12.7. The number of ether oxygens (including phenoxy) is 4. The van der Waals surface area contributed by atoms with Crippen molar-refractivity contribution in [1.82, 2.24) is 0 Å². The standard InChI is InChI=1S/C79H151NO8/c1-6-8-10-12-14-16-18-20-22-24-26-28-30-32-33-34-35-36-37-38-39-40-41-42-43-44-46-47-49-51-53-55-57-59-61-63-65-67-69-76(81)86-73-75(74-87-79(78(83)84)85-72-71-80(3,4)5)88-77(82)70-68-66-64-62-60-58-56-54-52-50-48-45-31-29-27-25-23-21-19-17-15-13-11-9-7-2/h19,21,25,27,75,79H,6-18,20,22-24,26,28-74H2,1-5H3/p+1/b21-19-,27-25-. The maximum Gasteiger partial charge on any atom is 0.361 e. The quantitative estimate of drug-likeness (QED) is 0.0211. The van der Waals surface area contributed by atoms with Crippen LogP contribution in [0.25, 0.3) is 0 Å². The molecule has 0 aliphatic heterocycles. The molecule has 0 aromatic heterocycles. The second-order valence-electron chi connectivity index (χ2n) is 28.0. The fourth-order valence-corrected chi connectivity index (χ4v) is 12.0. The zero-order chi connectivity index (χ0) is 64.0. The van der Waals surface area contributed by atoms with E-state index in [0.717, 1.165) is 44.9 Å². The molecule has 88 heavy (non-hydrogen) atoms. The zero-order valence-corrected chi connectivity index (χ0v) is 59.7. The van der Waals surface area contributed by atoms with Crippen molar-refractivity contribution in [2.75, 3.05) is 47.5 Å². The van der Waals surface area contributed by atoms with Crippen LogP contribution in [0.3, 0.4) is 0 Å². The second-order valence-corrected chi connectivity index (χ2v) is 28.0. The van der Waals surface area contributed by atoms with Gasteiger partial charge in [0.15, 0.2) is 6.10 Å². The predicted molar refractivity (Wildman–Crippen MR) is 378 cm³/mol. The molecule has 0 fully saturated rings. The summed E-state index contributed by atoms with van der Waals surface area (Å²) < 4.78 is 23.0. The number of nitrogens with zero attached hydrogens (tertiary/aromatic N) is 1. The second kappa shape index (κ2) is 70.6. The first kappa shape index (κ1) is 85.8. The number of carboxylic acids is 1. The van der Waals surface area contributed by atoms with Gasteiger partial charge in [-0.25, -0.2) is 4.79 Å². The predicted octanol–water partition coefficient (Wildman–Crippen LogP) is 24.5. The van der Waals surface area contributed by atoms with E-state index in [-0.39, 0.29) is 38.2 Å². The molecule has 9 heteroatoms. The van der Waals surface area contributed by atoms with E-state index >= 15 is 0 Å². The molecule has 2 unspecified atom stereocenters. The van der Waals surface area contributed by atoms with Crippen molar-refractivity contribution in [3.63, 3.8) is 0 Å². The molecule has 0 aliphatic carbocycles. The molecule has 0 rings (SSSR count). The van der Waals surface area contributed by atoms with Crippen molar-refractivity contribution in [2.45, 2.75) is 418 Å². The summed E-state index contributed by atoms with van der Waals surface area (Å²) in [5, 5.41) is 9.76. The number of rotatable bonds is 74. The van der Waals surface area contributed by atoms with Gasteiger partial charge in [-0.3, -0.25) is 9.59 Å². The highest BCUT2D eigenvalue weighted by Crippen LogP contribution is 2.20. The van der Waals surface area contributed by atoms with E-state index in [2.05, 4.69) is 38.2 Å². The largest absolute Gasteiger partial charge is 0.477 e. The van der Waals surface area contributed by atoms with Crippen LogP contribution in [0.2, 0.25) is 0 Å². The summed E-state index contributed by atoms with van der Waals surface area (Å²) >= 11 is 0. The van der Waals surface area contributed by atoms with Crippen molar-refractivity contribution in [2.24, 2.45) is 0 Å². The van der Waals surface area contributed by atoms with Gasteiger partial charge in [0.2, 0.25) is 0 Å². The molecule has 9 nitrogen and oxygen atoms in total. The molecule has 520 valence electrons. The van der Waals surface area contributed by atoms with Crippen molar-refractivity contribution in [3.8, 4) is 0 Å². The van der Waals surface area contributed by atoms with Crippen LogP contribution >= 0.6 is 0 Å². The van der Waals surface area contributed by atoms with Crippen LogP contribution in [0.4, 0.5) is 0 Å². The van der Waals surface area contributed by atoms with Gasteiger partial charge in [-0.1, -0.05) is 372 Å². The average molecular weight is 1240 g/mol. The number of carbonyl (C=O) groups excluding carboxylic acids is 2. The molecule has 0 saturated heterocycles. The minimum atomic E-state index is -1.51. The summed E-state index contributed by atoms with van der Waals surface area (Å²) in [4.78, 5) is 37.7. The Kier molecular flexibility index (Phi) is 68.8. The number of likely N-dealkylation sites (N-methyl/N-ethyl adjacent to an activating group) is 1. The molecule has 0 saturated carbocycles. The van der Waals surface area contributed by atoms with Crippen molar-refractivity contribution in [3.05, 3.63) is 24.3 Å². The summed E-state index contributed by atoms with van der Waals surface area (Å²) in [6.45, 7) is 4.95. The number of allylic oxidation sites excluding steroid dienone is 4. The Morgan fingerprint density at radius 2 is 0.614 bits per heavy atom. The first-order chi connectivity index (χ1) is 43.1. The van der Waals surface area contributed by atoms with Gasteiger partial charge in [-0.05, 0) is 44.9 Å². The molecular weight excluding hydrogens is 1090 g/mol. The first-order valence-corrected chi connectivity index (χ1v) is 39.0. The summed E-state index contributed by atoms with van der Waals surface area (Å²) in [6.07, 6.45) is 86.2. The van der Waals surface area contributed by atoms with Crippen LogP contribution < -0.4 is 0 Å². The Hall–Kier alpha value is -2.23. The first-order valence-electron chi connectivity index (χ1n) is 39.0. The summed E-state index contributed by atoms with van der Waals surface area (Å²) in [7, 11) is 5.99. The summed E-state index contributed by atoms with van der Waals surface area (Å²) in [6, 6.07) is 0. The van der Waals surface area contributed by atoms with Crippen molar-refractivity contribution < 1.29 is 42.9 Å². The molecule has 1 N–H and O–H groups in total. The number of hydrogen-bond acceptors (Lipinski definition) is 7. The number of esters is 2. The monoisotopic (exact) mass is 1240 g/mol. The van der Waals surface area contributed by atoms with Crippen LogP contribution in [-0.4, -0.2) is 87.4 Å². The van der Waals surface area contributed by atoms with Crippen molar-refractivity contribution >= 4 is 17.9 Å². The van der Waals surface area contributed by atoms with Crippen LogP contribution in [0, 0.1) is 0 Å². The molecule has 0 aromatic carbocycles. The number of hydrogen-bond donors (Lipinski definition) is 1. The fraction of sp³-hybridized carbons (Fsp3) is 0.911. The fourth-order valence-electron chi connectivity index (χ4n) is 12.0. The lowest BCUT2D eigenvalue weighted by Gasteiger charge is -2.25. The van der Waals surface area contributed by atoms with Gasteiger partial charge in [-0.2, -0.15) is 0 Å². The van der Waals surface area contributed by atoms with Gasteiger partial charge in [0.1, 0.15) is 13.2 Å². The average Bonchev–Trinajstić information content (AvgIpc) is 3.62. The molecule has 0 heterocycles. The van der Waals surface area contributed by atoms with Crippen LogP contribution in [0.1, 0.15) is 406 Å². The van der Waals surface area contributed by atoms with E-state index in [1.54, 1.807) is 0 Å². The maximum atomic E-state index is 13.0. The highest BCUT2D eigenvalue weighted by Gasteiger charge is 2.25. The van der Waals surface area contributed by atoms with E-state index < -0.39 is 18.4 Å². The Bertz CT molecular complexity index is 1490. The van der Waals surface area contributed by atoms with Crippen LogP contribution in [-0.2, 0) is 33.3 Å². The zero-order valence-electron chi connectivity index (χ0n) is 59.7. The van der Waals surface area contributed by atoms with Crippen LogP contribution in [0.15, 0.2) is 24.3 Å². The third kappa shape index (κ3) is 71.2. The topological polar surface area (TPSA) is 108 Å². The van der Waals surface area contributed by atoms with Crippen molar-refractivity contribution in [1.29, 1.82) is 0 Å². The van der Waals surface area contributed by atoms with Gasteiger partial charge in [0.05, 0.1) is 34.4 Å². The molecule has 0 aromatic rings. The molecule has 0 bridgehead atoms. The Balaban J connectivity index is 3.94. The smallest absolute Gasteiger partial charge is 0.361 e. The number of carboxylic acid groups (broad SMARTS) is 1. The lowest BCUT2D eigenvalue weighted by Crippen LogP contribution is -2.40. The molecule has 2 atom stereocenters. The molecule has 0 spiro atoms. The molecule has 0 amide bonds. The highest BCUT2D eigenvalue weighted by molar-refractivity contribution is 5.71. The van der Waals surface area contributed by atoms with E-state index in [9.17, 15) is 19.5 Å². The van der Waals surface area contributed by atoms with E-state index in [1.165, 1.54) is 334 Å². The van der Waals surface area contributed by atoms with Gasteiger partial charge < -0.3 is 28.5 Å². The molecule has 0 radical (unpaired) electrons. The third-order valence-electron chi connectivity index (χ3n) is 18.0. The Labute approximate surface area is 548 Å². The van der Waals surface area contributed by atoms with Gasteiger partial charge in [0.25, 0.3) is 6.29 Å². The number of unbranched alkanes of at least 4 members (excludes halogenated alkanes) is 55. The van der Waals surface area contributed by atoms with Gasteiger partial charge in [-0.15, -0.1) is 0 Å². The van der Waals surface area contributed by atoms with Crippen LogP contribution in [0.5, 0.6) is 0 Å². The Morgan fingerprint density at radius 1 is 0.341 bits per heavy atom. The maximum absolute atomic E-state index is 13.0. The molecular formula is C79H152NO8+. The van der Waals surface area contributed by atoms with E-state index in [4.69, 9.17) is 18.9 Å². The summed E-state index contributed by atoms with van der Waals surface area (Å²) in [5.41, 5.74) is 0. The SMILES string of the molecule is CCCCCCC/C=C\C/C=C\CCCCCCCCCCCCCCCC(=O)OC(COC(=O)CCCCCCCCCCCCCCCCCCCCCCCCCCCCCCCCCCCCCCCC)COC(OCC[N+](C)(C)C)C(=O)O.